The second kappa shape index (κ2) is 11.6. The van der Waals surface area contributed by atoms with Crippen molar-refractivity contribution in [3.63, 3.8) is 0 Å². The predicted molar refractivity (Wildman–Crippen MR) is 170 cm³/mol. The normalized spacial score (nSPS) is 19.9. The summed E-state index contributed by atoms with van der Waals surface area (Å²) in [6, 6.07) is 12.5. The summed E-state index contributed by atoms with van der Waals surface area (Å²) in [6.07, 6.45) is 3.41. The van der Waals surface area contributed by atoms with Crippen molar-refractivity contribution in [1.82, 2.24) is 4.90 Å². The van der Waals surface area contributed by atoms with E-state index in [0.717, 1.165) is 53.9 Å². The monoisotopic (exact) mass is 652 g/mol. The summed E-state index contributed by atoms with van der Waals surface area (Å²) in [5.74, 6) is 0.0173. The van der Waals surface area contributed by atoms with Crippen LogP contribution >= 0.6 is 27.5 Å². The number of hydrogen-bond acceptors (Lipinski definition) is 5. The maximum Gasteiger partial charge on any atom is 0.262 e. The molecule has 1 aliphatic heterocycles. The van der Waals surface area contributed by atoms with Crippen molar-refractivity contribution in [2.45, 2.75) is 72.6 Å². The van der Waals surface area contributed by atoms with E-state index >= 15 is 0 Å². The van der Waals surface area contributed by atoms with E-state index in [1.807, 2.05) is 18.2 Å². The Hall–Kier alpha value is -2.90. The van der Waals surface area contributed by atoms with E-state index < -0.39 is 5.92 Å². The van der Waals surface area contributed by atoms with Crippen LogP contribution in [-0.4, -0.2) is 35.5 Å². The van der Waals surface area contributed by atoms with Crippen molar-refractivity contribution in [3.8, 4) is 5.75 Å². The quantitative estimate of drug-likeness (QED) is 0.326. The van der Waals surface area contributed by atoms with Gasteiger partial charge in [-0.2, -0.15) is 0 Å². The molecule has 0 bridgehead atoms. The zero-order chi connectivity index (χ0) is 30.4. The fraction of sp³-hybridized carbons (Fsp3) is 0.441. The zero-order valence-electron chi connectivity index (χ0n) is 24.9. The molecule has 0 aromatic heterocycles. The van der Waals surface area contributed by atoms with Crippen LogP contribution in [0.3, 0.4) is 0 Å². The lowest BCUT2D eigenvalue weighted by atomic mass is 9.63. The van der Waals surface area contributed by atoms with E-state index in [0.29, 0.717) is 33.8 Å². The van der Waals surface area contributed by atoms with E-state index in [1.54, 1.807) is 24.3 Å². The van der Waals surface area contributed by atoms with Crippen LogP contribution < -0.4 is 10.1 Å². The van der Waals surface area contributed by atoms with Crippen LogP contribution in [0.5, 0.6) is 5.75 Å². The molecule has 1 amide bonds. The molecule has 0 saturated carbocycles. The summed E-state index contributed by atoms with van der Waals surface area (Å²) in [5.41, 5.74) is 4.87. The van der Waals surface area contributed by atoms with E-state index in [9.17, 15) is 14.4 Å². The highest BCUT2D eigenvalue weighted by molar-refractivity contribution is 9.10. The maximum atomic E-state index is 13.9. The standard InChI is InChI=1S/C34H38BrClN2O4/c1-6-13-38-24-15-33(2,3)17-26(39)31(24)30(32-25(38)16-34(4,5)18-27(32)40)20-7-12-28(23(35)14-20)42-19-29(41)37-22-10-8-21(36)9-11-22/h7-12,14,30H,6,13,15-19H2,1-5H3,(H,37,41). The molecule has 0 spiro atoms. The Balaban J connectivity index is 1.49. The smallest absolute Gasteiger partial charge is 0.262 e. The number of allylic oxidation sites excluding steroid dienone is 4. The van der Waals surface area contributed by atoms with Crippen LogP contribution in [0.2, 0.25) is 5.02 Å². The average Bonchev–Trinajstić information content (AvgIpc) is 2.88. The molecule has 0 saturated heterocycles. The van der Waals surface area contributed by atoms with Gasteiger partial charge >= 0.3 is 0 Å². The summed E-state index contributed by atoms with van der Waals surface area (Å²) in [6.45, 7) is 11.4. The minimum absolute atomic E-state index is 0.117. The highest BCUT2D eigenvalue weighted by Gasteiger charge is 2.48. The van der Waals surface area contributed by atoms with Crippen molar-refractivity contribution in [2.75, 3.05) is 18.5 Å². The minimum Gasteiger partial charge on any atom is -0.483 e. The van der Waals surface area contributed by atoms with E-state index in [1.165, 1.54) is 0 Å². The van der Waals surface area contributed by atoms with E-state index in [2.05, 4.69) is 60.8 Å². The van der Waals surface area contributed by atoms with Gasteiger partial charge < -0.3 is 15.0 Å². The molecule has 2 aromatic carbocycles. The molecule has 222 valence electrons. The number of benzene rings is 2. The summed E-state index contributed by atoms with van der Waals surface area (Å²) >= 11 is 9.56. The van der Waals surface area contributed by atoms with Gasteiger partial charge in [0.15, 0.2) is 18.2 Å². The fourth-order valence-corrected chi connectivity index (χ4v) is 7.20. The first kappa shape index (κ1) is 30.6. The van der Waals surface area contributed by atoms with E-state index in [-0.39, 0.29) is 34.9 Å². The minimum atomic E-state index is -0.422. The van der Waals surface area contributed by atoms with Gasteiger partial charge in [-0.05, 0) is 88.0 Å². The molecule has 3 aliphatic rings. The second-order valence-corrected chi connectivity index (χ2v) is 14.5. The van der Waals surface area contributed by atoms with Gasteiger partial charge in [-0.25, -0.2) is 0 Å². The predicted octanol–water partition coefficient (Wildman–Crippen LogP) is 8.22. The molecule has 0 unspecified atom stereocenters. The van der Waals surface area contributed by atoms with Crippen molar-refractivity contribution < 1.29 is 19.1 Å². The van der Waals surface area contributed by atoms with Crippen molar-refractivity contribution in [1.29, 1.82) is 0 Å². The van der Waals surface area contributed by atoms with Gasteiger partial charge in [-0.1, -0.05) is 52.3 Å². The van der Waals surface area contributed by atoms with Gasteiger partial charge in [0.25, 0.3) is 5.91 Å². The SMILES string of the molecule is CCCN1C2=C(C(=O)CC(C)(C)C2)C(c2ccc(OCC(=O)Nc3ccc(Cl)cc3)c(Br)c2)C2=C1CC(C)(C)CC2=O. The Morgan fingerprint density at radius 2 is 1.52 bits per heavy atom. The Morgan fingerprint density at radius 1 is 0.952 bits per heavy atom. The number of rotatable bonds is 7. The lowest BCUT2D eigenvalue weighted by Gasteiger charge is -2.49. The highest BCUT2D eigenvalue weighted by atomic mass is 79.9. The number of carbonyl (C=O) groups is 3. The number of nitrogens with one attached hydrogen (secondary N) is 1. The van der Waals surface area contributed by atoms with Crippen LogP contribution in [-0.2, 0) is 14.4 Å². The number of ketones is 2. The first-order chi connectivity index (χ1) is 19.8. The molecule has 0 radical (unpaired) electrons. The average molecular weight is 654 g/mol. The van der Waals surface area contributed by atoms with Crippen molar-refractivity contribution in [3.05, 3.63) is 80.1 Å². The highest BCUT2D eigenvalue weighted by Crippen LogP contribution is 2.54. The summed E-state index contributed by atoms with van der Waals surface area (Å²) in [7, 11) is 0. The maximum absolute atomic E-state index is 13.9. The van der Waals surface area contributed by atoms with Crippen LogP contribution in [0.25, 0.3) is 0 Å². The summed E-state index contributed by atoms with van der Waals surface area (Å²) < 4.78 is 6.50. The van der Waals surface area contributed by atoms with Crippen molar-refractivity contribution >= 4 is 50.7 Å². The van der Waals surface area contributed by atoms with Gasteiger partial charge in [-0.15, -0.1) is 0 Å². The number of hydrogen-bond donors (Lipinski definition) is 1. The Bertz CT molecular complexity index is 1450. The number of ether oxygens (including phenoxy) is 1. The topological polar surface area (TPSA) is 75.7 Å². The number of amides is 1. The molecule has 8 heteroatoms. The molecule has 5 rings (SSSR count). The number of anilines is 1. The third kappa shape index (κ3) is 6.23. The lowest BCUT2D eigenvalue weighted by molar-refractivity contribution is -0.120. The lowest BCUT2D eigenvalue weighted by Crippen LogP contribution is -2.44. The Morgan fingerprint density at radius 3 is 2.05 bits per heavy atom. The summed E-state index contributed by atoms with van der Waals surface area (Å²) in [4.78, 5) is 42.6. The van der Waals surface area contributed by atoms with E-state index in [4.69, 9.17) is 16.3 Å². The number of nitrogens with zero attached hydrogens (tertiary/aromatic N) is 1. The molecule has 1 heterocycles. The molecule has 0 fully saturated rings. The van der Waals surface area contributed by atoms with Gasteiger partial charge in [0, 0.05) is 58.6 Å². The van der Waals surface area contributed by atoms with Crippen LogP contribution in [0.15, 0.2) is 69.5 Å². The zero-order valence-corrected chi connectivity index (χ0v) is 27.2. The third-order valence-corrected chi connectivity index (χ3v) is 9.12. The molecule has 2 aliphatic carbocycles. The van der Waals surface area contributed by atoms with Crippen LogP contribution in [0, 0.1) is 10.8 Å². The Labute approximate surface area is 261 Å². The van der Waals surface area contributed by atoms with Crippen LogP contribution in [0.4, 0.5) is 5.69 Å². The fourth-order valence-electron chi connectivity index (χ4n) is 6.56. The first-order valence-electron chi connectivity index (χ1n) is 14.6. The molecule has 6 nitrogen and oxygen atoms in total. The van der Waals surface area contributed by atoms with Crippen molar-refractivity contribution in [2.24, 2.45) is 10.8 Å². The second-order valence-electron chi connectivity index (χ2n) is 13.2. The number of carbonyl (C=O) groups excluding carboxylic acids is 3. The molecular formula is C34H38BrClN2O4. The molecule has 2 aromatic rings. The third-order valence-electron chi connectivity index (χ3n) is 8.25. The van der Waals surface area contributed by atoms with Gasteiger partial charge in [-0.3, -0.25) is 14.4 Å². The molecule has 0 atom stereocenters. The molecule has 42 heavy (non-hydrogen) atoms. The van der Waals surface area contributed by atoms with Gasteiger partial charge in [0.05, 0.1) is 4.47 Å². The van der Waals surface area contributed by atoms with Gasteiger partial charge in [0.1, 0.15) is 5.75 Å². The molecule has 1 N–H and O–H groups in total. The van der Waals surface area contributed by atoms with Crippen LogP contribution in [0.1, 0.15) is 78.2 Å². The largest absolute Gasteiger partial charge is 0.483 e. The first-order valence-corrected chi connectivity index (χ1v) is 15.7. The molecular weight excluding hydrogens is 616 g/mol. The number of Topliss-reactive ketones (excluding diaryl/α,β-unsaturated/α-hetero) is 2. The Kier molecular flexibility index (Phi) is 8.47. The summed E-state index contributed by atoms with van der Waals surface area (Å²) in [5, 5.41) is 3.38. The number of halogens is 2. The van der Waals surface area contributed by atoms with Gasteiger partial charge in [0.2, 0.25) is 0 Å².